The lowest BCUT2D eigenvalue weighted by molar-refractivity contribution is 0.0740. The van der Waals surface area contributed by atoms with E-state index in [2.05, 4.69) is 4.90 Å². The van der Waals surface area contributed by atoms with Gasteiger partial charge in [0.15, 0.2) is 5.76 Å². The Balaban J connectivity index is 1.36. The molecule has 0 aliphatic carbocycles. The zero-order valence-corrected chi connectivity index (χ0v) is 13.7. The number of likely N-dealkylation sites (tertiary alicyclic amines) is 2. The van der Waals surface area contributed by atoms with Crippen molar-refractivity contribution in [2.75, 3.05) is 26.2 Å². The molecule has 5 heteroatoms. The number of benzene rings is 1. The molecule has 1 amide bonds. The first-order chi connectivity index (χ1) is 11.6. The van der Waals surface area contributed by atoms with E-state index in [4.69, 9.17) is 4.42 Å². The summed E-state index contributed by atoms with van der Waals surface area (Å²) >= 11 is 0. The molecule has 4 rings (SSSR count). The Bertz CT molecular complexity index is 743. The molecule has 2 aliphatic rings. The molecular formula is C19H21FN2O2. The predicted octanol–water partition coefficient (Wildman–Crippen LogP) is 2.93. The van der Waals surface area contributed by atoms with Gasteiger partial charge in [-0.05, 0) is 48.6 Å². The summed E-state index contributed by atoms with van der Waals surface area (Å²) in [6.45, 7) is 6.10. The van der Waals surface area contributed by atoms with Gasteiger partial charge in [-0.1, -0.05) is 12.1 Å². The van der Waals surface area contributed by atoms with Gasteiger partial charge in [0, 0.05) is 32.7 Å². The summed E-state index contributed by atoms with van der Waals surface area (Å²) in [5, 5.41) is 0. The number of fused-ring (bicyclic) bond motifs is 1. The smallest absolute Gasteiger partial charge is 0.289 e. The van der Waals surface area contributed by atoms with Crippen LogP contribution in [-0.2, 0) is 6.54 Å². The number of carbonyl (C=O) groups excluding carboxylic acids is 1. The molecule has 24 heavy (non-hydrogen) atoms. The Morgan fingerprint density at radius 3 is 2.54 bits per heavy atom. The van der Waals surface area contributed by atoms with Crippen LogP contribution < -0.4 is 0 Å². The standard InChI is InChI=1S/C19H21FN2O2/c1-13-5-6-18(24-13)19(23)22-11-15-9-21(10-16(15)12-22)8-14-3-2-4-17(20)7-14/h2-7,15-16H,8-12H2,1H3/t15-,16-/m1/s1. The number of aryl methyl sites for hydroxylation is 1. The highest BCUT2D eigenvalue weighted by Gasteiger charge is 2.42. The molecule has 0 N–H and O–H groups in total. The number of halogens is 1. The van der Waals surface area contributed by atoms with Gasteiger partial charge in [-0.2, -0.15) is 0 Å². The fourth-order valence-corrected chi connectivity index (χ4v) is 3.98. The van der Waals surface area contributed by atoms with Gasteiger partial charge in [0.1, 0.15) is 11.6 Å². The third-order valence-electron chi connectivity index (χ3n) is 5.10. The maximum Gasteiger partial charge on any atom is 0.289 e. The molecule has 2 aliphatic heterocycles. The first-order valence-corrected chi connectivity index (χ1v) is 8.41. The first-order valence-electron chi connectivity index (χ1n) is 8.41. The summed E-state index contributed by atoms with van der Waals surface area (Å²) in [5.41, 5.74) is 1.01. The van der Waals surface area contributed by atoms with E-state index in [-0.39, 0.29) is 11.7 Å². The van der Waals surface area contributed by atoms with E-state index in [0.29, 0.717) is 17.6 Å². The van der Waals surface area contributed by atoms with Gasteiger partial charge >= 0.3 is 0 Å². The minimum Gasteiger partial charge on any atom is -0.456 e. The van der Waals surface area contributed by atoms with Crippen LogP contribution in [0, 0.1) is 24.6 Å². The second-order valence-electron chi connectivity index (χ2n) is 6.96. The molecule has 1 aromatic carbocycles. The Hall–Kier alpha value is -2.14. The molecule has 0 saturated carbocycles. The SMILES string of the molecule is Cc1ccc(C(=O)N2C[C@H]3CN(Cc4cccc(F)c4)C[C@@H]3C2)o1. The maximum absolute atomic E-state index is 13.3. The second-order valence-corrected chi connectivity index (χ2v) is 6.96. The third-order valence-corrected chi connectivity index (χ3v) is 5.10. The number of nitrogens with zero attached hydrogens (tertiary/aromatic N) is 2. The largest absolute Gasteiger partial charge is 0.456 e. The van der Waals surface area contributed by atoms with Crippen molar-refractivity contribution >= 4 is 5.91 Å². The van der Waals surface area contributed by atoms with Crippen molar-refractivity contribution in [1.82, 2.24) is 9.80 Å². The van der Waals surface area contributed by atoms with Crippen LogP contribution in [0.3, 0.4) is 0 Å². The highest BCUT2D eigenvalue weighted by atomic mass is 19.1. The van der Waals surface area contributed by atoms with E-state index < -0.39 is 0 Å². The summed E-state index contributed by atoms with van der Waals surface area (Å²) in [7, 11) is 0. The van der Waals surface area contributed by atoms with E-state index in [1.54, 1.807) is 18.2 Å². The molecule has 1 aromatic heterocycles. The van der Waals surface area contributed by atoms with E-state index in [9.17, 15) is 9.18 Å². The van der Waals surface area contributed by atoms with Crippen molar-refractivity contribution in [2.45, 2.75) is 13.5 Å². The molecule has 2 saturated heterocycles. The van der Waals surface area contributed by atoms with Gasteiger partial charge in [0.2, 0.25) is 0 Å². The van der Waals surface area contributed by atoms with Crippen molar-refractivity contribution < 1.29 is 13.6 Å². The Labute approximate surface area is 140 Å². The minimum absolute atomic E-state index is 0.00539. The molecule has 4 nitrogen and oxygen atoms in total. The molecule has 0 spiro atoms. The van der Waals surface area contributed by atoms with Crippen LogP contribution in [0.25, 0.3) is 0 Å². The Morgan fingerprint density at radius 1 is 1.17 bits per heavy atom. The van der Waals surface area contributed by atoms with E-state index in [1.807, 2.05) is 24.0 Å². The quantitative estimate of drug-likeness (QED) is 0.869. The maximum atomic E-state index is 13.3. The molecule has 3 heterocycles. The average Bonchev–Trinajstić information content (AvgIpc) is 3.21. The van der Waals surface area contributed by atoms with Crippen molar-refractivity contribution in [3.05, 3.63) is 59.3 Å². The fraction of sp³-hybridized carbons (Fsp3) is 0.421. The molecule has 2 atom stereocenters. The first kappa shape index (κ1) is 15.4. The number of furan rings is 1. The topological polar surface area (TPSA) is 36.7 Å². The average molecular weight is 328 g/mol. The lowest BCUT2D eigenvalue weighted by atomic mass is 10.0. The third kappa shape index (κ3) is 2.96. The zero-order valence-electron chi connectivity index (χ0n) is 13.7. The molecule has 2 fully saturated rings. The van der Waals surface area contributed by atoms with Gasteiger partial charge in [-0.15, -0.1) is 0 Å². The van der Waals surface area contributed by atoms with Crippen molar-refractivity contribution in [3.8, 4) is 0 Å². The number of carbonyl (C=O) groups is 1. The van der Waals surface area contributed by atoms with Gasteiger partial charge in [-0.3, -0.25) is 9.69 Å². The summed E-state index contributed by atoms with van der Waals surface area (Å²) in [5.74, 6) is 2.01. The van der Waals surface area contributed by atoms with Gasteiger partial charge < -0.3 is 9.32 Å². The number of rotatable bonds is 3. The number of hydrogen-bond donors (Lipinski definition) is 0. The monoisotopic (exact) mass is 328 g/mol. The van der Waals surface area contributed by atoms with Crippen LogP contribution in [0.1, 0.15) is 21.9 Å². The van der Waals surface area contributed by atoms with Crippen molar-refractivity contribution in [3.63, 3.8) is 0 Å². The molecule has 126 valence electrons. The van der Waals surface area contributed by atoms with Crippen LogP contribution in [0.4, 0.5) is 4.39 Å². The second kappa shape index (κ2) is 6.06. The highest BCUT2D eigenvalue weighted by molar-refractivity contribution is 5.91. The lowest BCUT2D eigenvalue weighted by Gasteiger charge is -2.21. The summed E-state index contributed by atoms with van der Waals surface area (Å²) in [6, 6.07) is 10.4. The lowest BCUT2D eigenvalue weighted by Crippen LogP contribution is -2.33. The van der Waals surface area contributed by atoms with Crippen LogP contribution in [-0.4, -0.2) is 41.9 Å². The Kier molecular flexibility index (Phi) is 3.88. The number of hydrogen-bond acceptors (Lipinski definition) is 3. The Morgan fingerprint density at radius 2 is 1.92 bits per heavy atom. The molecule has 0 radical (unpaired) electrons. The highest BCUT2D eigenvalue weighted by Crippen LogP contribution is 2.32. The van der Waals surface area contributed by atoms with Crippen LogP contribution in [0.15, 0.2) is 40.8 Å². The van der Waals surface area contributed by atoms with Gasteiger partial charge in [0.05, 0.1) is 0 Å². The predicted molar refractivity (Wildman–Crippen MR) is 88.0 cm³/mol. The normalized spacial score (nSPS) is 23.7. The summed E-state index contributed by atoms with van der Waals surface area (Å²) < 4.78 is 18.8. The zero-order chi connectivity index (χ0) is 16.7. The van der Waals surface area contributed by atoms with Gasteiger partial charge in [-0.25, -0.2) is 4.39 Å². The number of amides is 1. The van der Waals surface area contributed by atoms with E-state index in [1.165, 1.54) is 6.07 Å². The van der Waals surface area contributed by atoms with Crippen LogP contribution in [0.5, 0.6) is 0 Å². The minimum atomic E-state index is -0.183. The van der Waals surface area contributed by atoms with Crippen molar-refractivity contribution in [1.29, 1.82) is 0 Å². The molecule has 0 unspecified atom stereocenters. The summed E-state index contributed by atoms with van der Waals surface area (Å²) in [4.78, 5) is 16.8. The van der Waals surface area contributed by atoms with Crippen LogP contribution in [0.2, 0.25) is 0 Å². The molecule has 0 bridgehead atoms. The molecule has 2 aromatic rings. The van der Waals surface area contributed by atoms with E-state index >= 15 is 0 Å². The van der Waals surface area contributed by atoms with E-state index in [0.717, 1.165) is 44.0 Å². The summed E-state index contributed by atoms with van der Waals surface area (Å²) in [6.07, 6.45) is 0. The molecular weight excluding hydrogens is 307 g/mol. The van der Waals surface area contributed by atoms with Gasteiger partial charge in [0.25, 0.3) is 5.91 Å². The fourth-order valence-electron chi connectivity index (χ4n) is 3.98. The van der Waals surface area contributed by atoms with Crippen molar-refractivity contribution in [2.24, 2.45) is 11.8 Å². The van der Waals surface area contributed by atoms with Crippen LogP contribution >= 0.6 is 0 Å².